The molecule has 0 unspecified atom stereocenters. The van der Waals surface area contributed by atoms with Crippen molar-refractivity contribution in [3.63, 3.8) is 0 Å². The van der Waals surface area contributed by atoms with E-state index in [1.165, 1.54) is 0 Å². The first-order chi connectivity index (χ1) is 11.8. The second-order valence-electron chi connectivity index (χ2n) is 6.43. The number of rotatable bonds is 4. The van der Waals surface area contributed by atoms with Crippen molar-refractivity contribution in [3.8, 4) is 0 Å². The average Bonchev–Trinajstić information content (AvgIpc) is 2.90. The molecule has 1 fully saturated rings. The highest BCUT2D eigenvalue weighted by molar-refractivity contribution is 7.89. The van der Waals surface area contributed by atoms with E-state index in [4.69, 9.17) is 12.2 Å². The van der Waals surface area contributed by atoms with E-state index in [9.17, 15) is 8.42 Å². The van der Waals surface area contributed by atoms with Gasteiger partial charge in [-0.25, -0.2) is 13.1 Å². The number of sulfonamides is 1. The van der Waals surface area contributed by atoms with Crippen molar-refractivity contribution < 1.29 is 8.42 Å². The van der Waals surface area contributed by atoms with Gasteiger partial charge in [0.25, 0.3) is 0 Å². The standard InChI is InChI=1S/C16H23N5O2S2/c1-13-4-5-15(10-14(13)2)25(22,23)20-8-6-19(7-9-20)12-21-16(24)18(3)11-17-21/h4-5,10-11H,6-9,12H2,1-3H3. The Bertz CT molecular complexity index is 924. The minimum absolute atomic E-state index is 0.371. The van der Waals surface area contributed by atoms with Gasteiger partial charge in [0.15, 0.2) is 4.77 Å². The molecule has 25 heavy (non-hydrogen) atoms. The van der Waals surface area contributed by atoms with Gasteiger partial charge in [0.2, 0.25) is 10.0 Å². The molecule has 0 spiro atoms. The Kier molecular flexibility index (Phi) is 5.10. The average molecular weight is 382 g/mol. The fourth-order valence-corrected chi connectivity index (χ4v) is 4.50. The summed E-state index contributed by atoms with van der Waals surface area (Å²) in [5.74, 6) is 0. The van der Waals surface area contributed by atoms with E-state index < -0.39 is 10.0 Å². The quantitative estimate of drug-likeness (QED) is 0.752. The van der Waals surface area contributed by atoms with Gasteiger partial charge in [0.1, 0.15) is 6.33 Å². The number of aryl methyl sites for hydroxylation is 3. The summed E-state index contributed by atoms with van der Waals surface area (Å²) >= 11 is 5.29. The summed E-state index contributed by atoms with van der Waals surface area (Å²) in [4.78, 5) is 2.53. The minimum Gasteiger partial charge on any atom is -0.310 e. The number of piperazine rings is 1. The van der Waals surface area contributed by atoms with E-state index >= 15 is 0 Å². The van der Waals surface area contributed by atoms with Crippen molar-refractivity contribution in [2.24, 2.45) is 7.05 Å². The van der Waals surface area contributed by atoms with Gasteiger partial charge < -0.3 is 4.57 Å². The molecule has 136 valence electrons. The molecule has 0 amide bonds. The van der Waals surface area contributed by atoms with Crippen LogP contribution in [-0.4, -0.2) is 58.1 Å². The number of aromatic nitrogens is 3. The number of nitrogens with zero attached hydrogens (tertiary/aromatic N) is 5. The van der Waals surface area contributed by atoms with Crippen LogP contribution in [0, 0.1) is 18.6 Å². The topological polar surface area (TPSA) is 63.4 Å². The van der Waals surface area contributed by atoms with Crippen LogP contribution in [0.25, 0.3) is 0 Å². The number of benzene rings is 1. The molecule has 1 aromatic carbocycles. The number of hydrogen-bond acceptors (Lipinski definition) is 5. The van der Waals surface area contributed by atoms with Crippen LogP contribution in [0.3, 0.4) is 0 Å². The van der Waals surface area contributed by atoms with E-state index in [1.54, 1.807) is 32.0 Å². The lowest BCUT2D eigenvalue weighted by Gasteiger charge is -2.33. The lowest BCUT2D eigenvalue weighted by Crippen LogP contribution is -2.48. The third-order valence-electron chi connectivity index (χ3n) is 4.67. The maximum Gasteiger partial charge on any atom is 0.243 e. The van der Waals surface area contributed by atoms with Crippen molar-refractivity contribution in [1.29, 1.82) is 0 Å². The van der Waals surface area contributed by atoms with Crippen LogP contribution >= 0.6 is 12.2 Å². The molecule has 1 aliphatic heterocycles. The van der Waals surface area contributed by atoms with Gasteiger partial charge in [-0.15, -0.1) is 0 Å². The Morgan fingerprint density at radius 2 is 1.80 bits per heavy atom. The van der Waals surface area contributed by atoms with Crippen molar-refractivity contribution in [1.82, 2.24) is 23.6 Å². The predicted molar refractivity (Wildman–Crippen MR) is 98.3 cm³/mol. The molecule has 2 aromatic rings. The maximum atomic E-state index is 12.8. The second-order valence-corrected chi connectivity index (χ2v) is 8.74. The second kappa shape index (κ2) is 6.99. The highest BCUT2D eigenvalue weighted by atomic mass is 32.2. The first-order valence-corrected chi connectivity index (χ1v) is 10.0. The molecule has 1 saturated heterocycles. The molecule has 9 heteroatoms. The molecule has 1 aliphatic rings. The molecule has 0 radical (unpaired) electrons. The lowest BCUT2D eigenvalue weighted by atomic mass is 10.1. The zero-order valence-corrected chi connectivity index (χ0v) is 16.3. The predicted octanol–water partition coefficient (Wildman–Crippen LogP) is 1.53. The van der Waals surface area contributed by atoms with Crippen molar-refractivity contribution >= 4 is 22.2 Å². The Morgan fingerprint density at radius 1 is 1.12 bits per heavy atom. The van der Waals surface area contributed by atoms with Gasteiger partial charge in [-0.2, -0.15) is 9.40 Å². The normalized spacial score (nSPS) is 17.1. The molecule has 3 rings (SSSR count). The van der Waals surface area contributed by atoms with E-state index in [1.807, 2.05) is 27.0 Å². The zero-order chi connectivity index (χ0) is 18.2. The maximum absolute atomic E-state index is 12.8. The van der Waals surface area contributed by atoms with Gasteiger partial charge in [-0.1, -0.05) is 6.07 Å². The summed E-state index contributed by atoms with van der Waals surface area (Å²) in [5, 5.41) is 4.24. The first kappa shape index (κ1) is 18.2. The first-order valence-electron chi connectivity index (χ1n) is 8.17. The SMILES string of the molecule is Cc1ccc(S(=O)(=O)N2CCN(Cn3ncn(C)c3=S)CC2)cc1C. The van der Waals surface area contributed by atoms with E-state index in [-0.39, 0.29) is 0 Å². The van der Waals surface area contributed by atoms with Gasteiger partial charge in [0, 0.05) is 33.2 Å². The largest absolute Gasteiger partial charge is 0.310 e. The smallest absolute Gasteiger partial charge is 0.243 e. The molecule has 0 bridgehead atoms. The van der Waals surface area contributed by atoms with E-state index in [0.717, 1.165) is 11.1 Å². The van der Waals surface area contributed by atoms with Crippen LogP contribution in [0.4, 0.5) is 0 Å². The summed E-state index contributed by atoms with van der Waals surface area (Å²) < 4.78 is 31.4. The summed E-state index contributed by atoms with van der Waals surface area (Å²) in [6.07, 6.45) is 1.68. The Labute approximate surface area is 153 Å². The van der Waals surface area contributed by atoms with Gasteiger partial charge in [-0.3, -0.25) is 4.90 Å². The highest BCUT2D eigenvalue weighted by Crippen LogP contribution is 2.20. The van der Waals surface area contributed by atoms with Crippen molar-refractivity contribution in [3.05, 3.63) is 40.4 Å². The zero-order valence-electron chi connectivity index (χ0n) is 14.7. The summed E-state index contributed by atoms with van der Waals surface area (Å²) in [7, 11) is -1.58. The van der Waals surface area contributed by atoms with Gasteiger partial charge >= 0.3 is 0 Å². The highest BCUT2D eigenvalue weighted by Gasteiger charge is 2.28. The Hall–Kier alpha value is -1.55. The van der Waals surface area contributed by atoms with Crippen LogP contribution in [-0.2, 0) is 23.7 Å². The van der Waals surface area contributed by atoms with Crippen LogP contribution in [0.1, 0.15) is 11.1 Å². The van der Waals surface area contributed by atoms with Gasteiger partial charge in [-0.05, 0) is 49.3 Å². The lowest BCUT2D eigenvalue weighted by molar-refractivity contribution is 0.144. The van der Waals surface area contributed by atoms with E-state index in [2.05, 4.69) is 10.00 Å². The molecule has 0 atom stereocenters. The molecule has 1 aromatic heterocycles. The summed E-state index contributed by atoms with van der Waals surface area (Å²) in [5.41, 5.74) is 2.08. The summed E-state index contributed by atoms with van der Waals surface area (Å²) in [6.45, 7) is 6.74. The molecule has 0 aliphatic carbocycles. The third-order valence-corrected chi connectivity index (χ3v) is 7.06. The molecule has 0 saturated carbocycles. The number of hydrogen-bond donors (Lipinski definition) is 0. The van der Waals surface area contributed by atoms with Gasteiger partial charge in [0.05, 0.1) is 11.6 Å². The Morgan fingerprint density at radius 3 is 2.36 bits per heavy atom. The molecular formula is C16H23N5O2S2. The van der Waals surface area contributed by atoms with Crippen LogP contribution in [0.2, 0.25) is 0 Å². The third kappa shape index (κ3) is 3.69. The van der Waals surface area contributed by atoms with Crippen molar-refractivity contribution in [2.75, 3.05) is 26.2 Å². The fourth-order valence-electron chi connectivity index (χ4n) is 2.84. The van der Waals surface area contributed by atoms with Crippen LogP contribution < -0.4 is 0 Å². The molecule has 0 N–H and O–H groups in total. The molecule has 7 nitrogen and oxygen atoms in total. The van der Waals surface area contributed by atoms with Crippen LogP contribution in [0.15, 0.2) is 29.4 Å². The molecule has 2 heterocycles. The van der Waals surface area contributed by atoms with E-state index in [0.29, 0.717) is 42.5 Å². The van der Waals surface area contributed by atoms with Crippen LogP contribution in [0.5, 0.6) is 0 Å². The Balaban J connectivity index is 1.67. The van der Waals surface area contributed by atoms with Crippen molar-refractivity contribution in [2.45, 2.75) is 25.4 Å². The molecular weight excluding hydrogens is 358 g/mol. The fraction of sp³-hybridized carbons (Fsp3) is 0.500. The monoisotopic (exact) mass is 381 g/mol. The minimum atomic E-state index is -3.44. The summed E-state index contributed by atoms with van der Waals surface area (Å²) in [6, 6.07) is 5.31.